The van der Waals surface area contributed by atoms with Gasteiger partial charge in [0.05, 0.1) is 12.0 Å². The van der Waals surface area contributed by atoms with E-state index in [2.05, 4.69) is 22.2 Å². The summed E-state index contributed by atoms with van der Waals surface area (Å²) in [4.78, 5) is 9.33. The third kappa shape index (κ3) is 2.04. The quantitative estimate of drug-likeness (QED) is 0.899. The summed E-state index contributed by atoms with van der Waals surface area (Å²) >= 11 is 0. The summed E-state index contributed by atoms with van der Waals surface area (Å²) in [6, 6.07) is 3.79. The monoisotopic (exact) mass is 243 g/mol. The number of nitrogens with one attached hydrogen (secondary N) is 1. The van der Waals surface area contributed by atoms with E-state index < -0.39 is 0 Å². The summed E-state index contributed by atoms with van der Waals surface area (Å²) in [5.74, 6) is 1.48. The Morgan fingerprint density at radius 3 is 3.11 bits per heavy atom. The number of aryl methyl sites for hydroxylation is 1. The molecule has 0 aliphatic carbocycles. The second-order valence-electron chi connectivity index (χ2n) is 4.57. The van der Waals surface area contributed by atoms with Crippen LogP contribution in [0.15, 0.2) is 22.8 Å². The standard InChI is InChI=1S/C14H17N3O/c1-2-4-11-10-9-15-7-6-12(10)17-14(16-11)13-5-3-8-18-13/h3,5,8,15H,2,4,6-7,9H2,1H3. The SMILES string of the molecule is CCCc1nc(-c2ccco2)nc2c1CNCC2. The average molecular weight is 243 g/mol. The van der Waals surface area contributed by atoms with E-state index in [-0.39, 0.29) is 0 Å². The van der Waals surface area contributed by atoms with Gasteiger partial charge in [0.1, 0.15) is 0 Å². The van der Waals surface area contributed by atoms with E-state index in [0.29, 0.717) is 0 Å². The number of aromatic nitrogens is 2. The largest absolute Gasteiger partial charge is 0.461 e. The van der Waals surface area contributed by atoms with Crippen molar-refractivity contribution in [1.82, 2.24) is 15.3 Å². The van der Waals surface area contributed by atoms with Gasteiger partial charge in [-0.3, -0.25) is 0 Å². The molecule has 0 amide bonds. The summed E-state index contributed by atoms with van der Waals surface area (Å²) in [5.41, 5.74) is 3.64. The van der Waals surface area contributed by atoms with Gasteiger partial charge in [-0.1, -0.05) is 13.3 Å². The first-order valence-corrected chi connectivity index (χ1v) is 6.51. The second kappa shape index (κ2) is 4.90. The highest BCUT2D eigenvalue weighted by molar-refractivity contribution is 5.48. The van der Waals surface area contributed by atoms with Crippen molar-refractivity contribution in [3.05, 3.63) is 35.3 Å². The van der Waals surface area contributed by atoms with Crippen LogP contribution in [0.25, 0.3) is 11.6 Å². The lowest BCUT2D eigenvalue weighted by Crippen LogP contribution is -2.26. The Labute approximate surface area is 106 Å². The van der Waals surface area contributed by atoms with Crippen molar-refractivity contribution in [3.8, 4) is 11.6 Å². The van der Waals surface area contributed by atoms with Crippen molar-refractivity contribution >= 4 is 0 Å². The highest BCUT2D eigenvalue weighted by Crippen LogP contribution is 2.22. The summed E-state index contributed by atoms with van der Waals surface area (Å²) in [6.07, 6.45) is 4.74. The second-order valence-corrected chi connectivity index (χ2v) is 4.57. The number of furan rings is 1. The molecular weight excluding hydrogens is 226 g/mol. The maximum absolute atomic E-state index is 5.40. The minimum absolute atomic E-state index is 0.726. The molecule has 4 heteroatoms. The molecule has 2 aromatic rings. The average Bonchev–Trinajstić information content (AvgIpc) is 2.93. The molecule has 1 N–H and O–H groups in total. The maximum Gasteiger partial charge on any atom is 0.196 e. The van der Waals surface area contributed by atoms with Gasteiger partial charge in [-0.25, -0.2) is 9.97 Å². The Balaban J connectivity index is 2.09. The number of nitrogens with zero attached hydrogens (tertiary/aromatic N) is 2. The lowest BCUT2D eigenvalue weighted by molar-refractivity contribution is 0.571. The summed E-state index contributed by atoms with van der Waals surface area (Å²) < 4.78 is 5.40. The molecule has 0 unspecified atom stereocenters. The fourth-order valence-corrected chi connectivity index (χ4v) is 2.37. The van der Waals surface area contributed by atoms with Crippen LogP contribution in [0.2, 0.25) is 0 Å². The van der Waals surface area contributed by atoms with Gasteiger partial charge >= 0.3 is 0 Å². The van der Waals surface area contributed by atoms with E-state index in [9.17, 15) is 0 Å². The van der Waals surface area contributed by atoms with Gasteiger partial charge in [-0.05, 0) is 18.6 Å². The molecule has 1 aliphatic heterocycles. The van der Waals surface area contributed by atoms with E-state index in [0.717, 1.165) is 43.9 Å². The summed E-state index contributed by atoms with van der Waals surface area (Å²) in [7, 11) is 0. The molecule has 2 aromatic heterocycles. The van der Waals surface area contributed by atoms with Crippen molar-refractivity contribution in [2.45, 2.75) is 32.7 Å². The molecule has 0 atom stereocenters. The molecule has 0 aromatic carbocycles. The molecule has 0 radical (unpaired) electrons. The zero-order chi connectivity index (χ0) is 12.4. The summed E-state index contributed by atoms with van der Waals surface area (Å²) in [5, 5.41) is 3.39. The third-order valence-electron chi connectivity index (χ3n) is 3.25. The fourth-order valence-electron chi connectivity index (χ4n) is 2.37. The Kier molecular flexibility index (Phi) is 3.11. The molecule has 3 rings (SSSR count). The predicted octanol–water partition coefficient (Wildman–Crippen LogP) is 2.33. The third-order valence-corrected chi connectivity index (χ3v) is 3.25. The Hall–Kier alpha value is -1.68. The molecule has 0 bridgehead atoms. The smallest absolute Gasteiger partial charge is 0.196 e. The summed E-state index contributed by atoms with van der Waals surface area (Å²) in [6.45, 7) is 4.06. The number of fused-ring (bicyclic) bond motifs is 1. The van der Waals surface area contributed by atoms with E-state index >= 15 is 0 Å². The molecule has 0 saturated carbocycles. The molecule has 4 nitrogen and oxygen atoms in total. The lowest BCUT2D eigenvalue weighted by atomic mass is 10.0. The normalized spacial score (nSPS) is 14.5. The molecule has 0 saturated heterocycles. The van der Waals surface area contributed by atoms with Gasteiger partial charge in [0, 0.05) is 30.8 Å². The van der Waals surface area contributed by atoms with Crippen molar-refractivity contribution in [2.24, 2.45) is 0 Å². The van der Waals surface area contributed by atoms with Crippen LogP contribution >= 0.6 is 0 Å². The first kappa shape index (κ1) is 11.4. The first-order valence-electron chi connectivity index (χ1n) is 6.51. The fraction of sp³-hybridized carbons (Fsp3) is 0.429. The number of hydrogen-bond donors (Lipinski definition) is 1. The molecular formula is C14H17N3O. The van der Waals surface area contributed by atoms with Gasteiger partial charge in [0.25, 0.3) is 0 Å². The van der Waals surface area contributed by atoms with Crippen LogP contribution in [0.1, 0.15) is 30.3 Å². The van der Waals surface area contributed by atoms with Crippen LogP contribution < -0.4 is 5.32 Å². The van der Waals surface area contributed by atoms with Crippen LogP contribution in [0.3, 0.4) is 0 Å². The Bertz CT molecular complexity index is 534. The van der Waals surface area contributed by atoms with Gasteiger partial charge in [-0.2, -0.15) is 0 Å². The first-order chi connectivity index (χ1) is 8.88. The minimum Gasteiger partial charge on any atom is -0.461 e. The van der Waals surface area contributed by atoms with E-state index in [4.69, 9.17) is 4.42 Å². The molecule has 0 fully saturated rings. The van der Waals surface area contributed by atoms with Crippen molar-refractivity contribution < 1.29 is 4.42 Å². The van der Waals surface area contributed by atoms with Crippen LogP contribution in [0, 0.1) is 0 Å². The molecule has 0 spiro atoms. The van der Waals surface area contributed by atoms with Gasteiger partial charge in [0.2, 0.25) is 0 Å². The highest BCUT2D eigenvalue weighted by Gasteiger charge is 2.18. The van der Waals surface area contributed by atoms with E-state index in [1.807, 2.05) is 12.1 Å². The molecule has 18 heavy (non-hydrogen) atoms. The van der Waals surface area contributed by atoms with E-state index in [1.54, 1.807) is 6.26 Å². The van der Waals surface area contributed by atoms with Crippen LogP contribution in [0.5, 0.6) is 0 Å². The Morgan fingerprint density at radius 2 is 2.33 bits per heavy atom. The van der Waals surface area contributed by atoms with Gasteiger partial charge < -0.3 is 9.73 Å². The van der Waals surface area contributed by atoms with Crippen LogP contribution in [0.4, 0.5) is 0 Å². The van der Waals surface area contributed by atoms with Crippen molar-refractivity contribution in [2.75, 3.05) is 6.54 Å². The van der Waals surface area contributed by atoms with Gasteiger partial charge in [-0.15, -0.1) is 0 Å². The lowest BCUT2D eigenvalue weighted by Gasteiger charge is -2.19. The maximum atomic E-state index is 5.40. The highest BCUT2D eigenvalue weighted by atomic mass is 16.3. The molecule has 3 heterocycles. The van der Waals surface area contributed by atoms with Crippen molar-refractivity contribution in [1.29, 1.82) is 0 Å². The van der Waals surface area contributed by atoms with Crippen LogP contribution in [-0.4, -0.2) is 16.5 Å². The molecule has 1 aliphatic rings. The zero-order valence-electron chi connectivity index (χ0n) is 10.6. The Morgan fingerprint density at radius 1 is 1.39 bits per heavy atom. The number of rotatable bonds is 3. The zero-order valence-corrected chi connectivity index (χ0v) is 10.6. The van der Waals surface area contributed by atoms with Gasteiger partial charge in [0.15, 0.2) is 11.6 Å². The number of hydrogen-bond acceptors (Lipinski definition) is 4. The molecule has 94 valence electrons. The predicted molar refractivity (Wildman–Crippen MR) is 69.1 cm³/mol. The topological polar surface area (TPSA) is 51.0 Å². The minimum atomic E-state index is 0.726. The van der Waals surface area contributed by atoms with Crippen molar-refractivity contribution in [3.63, 3.8) is 0 Å². The van der Waals surface area contributed by atoms with E-state index in [1.165, 1.54) is 17.0 Å². The van der Waals surface area contributed by atoms with Crippen LogP contribution in [-0.2, 0) is 19.4 Å².